The van der Waals surface area contributed by atoms with Crippen molar-refractivity contribution in [2.75, 3.05) is 13.2 Å². The number of carbonyl (C=O) groups is 2. The summed E-state index contributed by atoms with van der Waals surface area (Å²) in [5.74, 6) is 0.827. The predicted octanol–water partition coefficient (Wildman–Crippen LogP) is 0.250. The SMILES string of the molecule is CC1NC(=O)CCC1NC(=O)c1cc2c(cn1)OCCO2. The largest absolute Gasteiger partial charge is 0.486 e. The zero-order chi connectivity index (χ0) is 14.8. The number of ether oxygens (including phenoxy) is 2. The molecule has 112 valence electrons. The summed E-state index contributed by atoms with van der Waals surface area (Å²) in [5.41, 5.74) is 0.281. The Hall–Kier alpha value is -2.31. The van der Waals surface area contributed by atoms with Crippen LogP contribution in [0.1, 0.15) is 30.3 Å². The van der Waals surface area contributed by atoms with Crippen molar-refractivity contribution in [3.05, 3.63) is 18.0 Å². The number of piperidine rings is 1. The third-order valence-electron chi connectivity index (χ3n) is 3.65. The highest BCUT2D eigenvalue weighted by molar-refractivity contribution is 5.93. The quantitative estimate of drug-likeness (QED) is 0.815. The van der Waals surface area contributed by atoms with Gasteiger partial charge < -0.3 is 20.1 Å². The predicted molar refractivity (Wildman–Crippen MR) is 73.3 cm³/mol. The van der Waals surface area contributed by atoms with Crippen LogP contribution >= 0.6 is 0 Å². The molecule has 2 aliphatic heterocycles. The van der Waals surface area contributed by atoms with Gasteiger partial charge in [-0.25, -0.2) is 4.98 Å². The molecule has 0 bridgehead atoms. The van der Waals surface area contributed by atoms with E-state index >= 15 is 0 Å². The molecule has 0 aromatic carbocycles. The Morgan fingerprint density at radius 3 is 2.90 bits per heavy atom. The number of hydrogen-bond acceptors (Lipinski definition) is 5. The van der Waals surface area contributed by atoms with E-state index in [9.17, 15) is 9.59 Å². The molecule has 1 aromatic rings. The maximum Gasteiger partial charge on any atom is 0.270 e. The molecule has 0 radical (unpaired) electrons. The van der Waals surface area contributed by atoms with Gasteiger partial charge in [0.15, 0.2) is 11.5 Å². The molecule has 3 heterocycles. The first kappa shape index (κ1) is 13.7. The molecule has 2 atom stereocenters. The fourth-order valence-corrected chi connectivity index (χ4v) is 2.48. The van der Waals surface area contributed by atoms with Gasteiger partial charge in [-0.1, -0.05) is 0 Å². The van der Waals surface area contributed by atoms with Gasteiger partial charge in [0, 0.05) is 24.6 Å². The topological polar surface area (TPSA) is 89.6 Å². The maximum atomic E-state index is 12.2. The maximum absolute atomic E-state index is 12.2. The summed E-state index contributed by atoms with van der Waals surface area (Å²) in [7, 11) is 0. The van der Waals surface area contributed by atoms with E-state index in [4.69, 9.17) is 9.47 Å². The molecular formula is C14H17N3O4. The molecule has 21 heavy (non-hydrogen) atoms. The van der Waals surface area contributed by atoms with Gasteiger partial charge in [0.25, 0.3) is 5.91 Å². The lowest BCUT2D eigenvalue weighted by Crippen LogP contribution is -2.54. The number of rotatable bonds is 2. The van der Waals surface area contributed by atoms with Crippen LogP contribution in [0.2, 0.25) is 0 Å². The number of nitrogens with zero attached hydrogens (tertiary/aromatic N) is 1. The van der Waals surface area contributed by atoms with Crippen molar-refractivity contribution in [2.24, 2.45) is 0 Å². The van der Waals surface area contributed by atoms with Gasteiger partial charge >= 0.3 is 0 Å². The number of pyridine rings is 1. The van der Waals surface area contributed by atoms with Crippen LogP contribution < -0.4 is 20.1 Å². The lowest BCUT2D eigenvalue weighted by molar-refractivity contribution is -0.123. The molecule has 1 fully saturated rings. The number of aromatic nitrogens is 1. The highest BCUT2D eigenvalue weighted by Gasteiger charge is 2.27. The summed E-state index contributed by atoms with van der Waals surface area (Å²) < 4.78 is 10.8. The Morgan fingerprint density at radius 1 is 1.38 bits per heavy atom. The second kappa shape index (κ2) is 5.59. The highest BCUT2D eigenvalue weighted by Crippen LogP contribution is 2.29. The van der Waals surface area contributed by atoms with Crippen molar-refractivity contribution in [3.8, 4) is 11.5 Å². The summed E-state index contributed by atoms with van der Waals surface area (Å²) in [5, 5.41) is 5.72. The number of nitrogens with one attached hydrogen (secondary N) is 2. The average Bonchev–Trinajstić information content (AvgIpc) is 2.49. The molecule has 0 saturated carbocycles. The van der Waals surface area contributed by atoms with Gasteiger partial charge in [0.1, 0.15) is 18.9 Å². The van der Waals surface area contributed by atoms with Gasteiger partial charge in [-0.3, -0.25) is 9.59 Å². The first-order valence-corrected chi connectivity index (χ1v) is 6.99. The van der Waals surface area contributed by atoms with E-state index in [0.717, 1.165) is 0 Å². The van der Waals surface area contributed by atoms with Crippen LogP contribution in [0, 0.1) is 0 Å². The summed E-state index contributed by atoms with van der Waals surface area (Å²) in [6, 6.07) is 1.40. The third kappa shape index (κ3) is 2.91. The minimum atomic E-state index is -0.278. The lowest BCUT2D eigenvalue weighted by atomic mass is 9.99. The average molecular weight is 291 g/mol. The Bertz CT molecular complexity index is 575. The van der Waals surface area contributed by atoms with Crippen molar-refractivity contribution in [1.29, 1.82) is 0 Å². The number of amides is 2. The molecule has 0 aliphatic carbocycles. The van der Waals surface area contributed by atoms with Crippen molar-refractivity contribution < 1.29 is 19.1 Å². The fourth-order valence-electron chi connectivity index (χ4n) is 2.48. The van der Waals surface area contributed by atoms with Gasteiger partial charge in [0.2, 0.25) is 5.91 Å². The summed E-state index contributed by atoms with van der Waals surface area (Å²) in [6.07, 6.45) is 2.54. The second-order valence-electron chi connectivity index (χ2n) is 5.19. The van der Waals surface area contributed by atoms with Crippen LogP contribution in [0.5, 0.6) is 11.5 Å². The minimum absolute atomic E-state index is 0.0189. The van der Waals surface area contributed by atoms with E-state index in [0.29, 0.717) is 37.6 Å². The van der Waals surface area contributed by atoms with Gasteiger partial charge in [-0.05, 0) is 13.3 Å². The first-order chi connectivity index (χ1) is 10.1. The minimum Gasteiger partial charge on any atom is -0.486 e. The molecule has 1 aromatic heterocycles. The molecule has 7 heteroatoms. The van der Waals surface area contributed by atoms with E-state index in [1.54, 1.807) is 6.07 Å². The number of carbonyl (C=O) groups excluding carboxylic acids is 2. The highest BCUT2D eigenvalue weighted by atomic mass is 16.6. The lowest BCUT2D eigenvalue weighted by Gasteiger charge is -2.30. The molecule has 3 rings (SSSR count). The molecule has 7 nitrogen and oxygen atoms in total. The van der Waals surface area contributed by atoms with Crippen LogP contribution in [0.3, 0.4) is 0 Å². The monoisotopic (exact) mass is 291 g/mol. The zero-order valence-corrected chi connectivity index (χ0v) is 11.7. The molecule has 2 amide bonds. The van der Waals surface area contributed by atoms with Gasteiger partial charge in [-0.15, -0.1) is 0 Å². The van der Waals surface area contributed by atoms with E-state index in [-0.39, 0.29) is 29.6 Å². The Balaban J connectivity index is 1.69. The molecule has 1 saturated heterocycles. The van der Waals surface area contributed by atoms with Gasteiger partial charge in [-0.2, -0.15) is 0 Å². The summed E-state index contributed by atoms with van der Waals surface area (Å²) >= 11 is 0. The van der Waals surface area contributed by atoms with Crippen molar-refractivity contribution in [2.45, 2.75) is 31.8 Å². The Morgan fingerprint density at radius 2 is 2.14 bits per heavy atom. The standard InChI is InChI=1S/C14H17N3O4/c1-8-9(2-3-13(18)16-8)17-14(19)10-6-11-12(7-15-10)21-5-4-20-11/h6-9H,2-5H2,1H3,(H,16,18)(H,17,19). The van der Waals surface area contributed by atoms with Crippen LogP contribution in [-0.4, -0.2) is 42.1 Å². The number of hydrogen-bond donors (Lipinski definition) is 2. The molecule has 0 spiro atoms. The first-order valence-electron chi connectivity index (χ1n) is 6.99. The fraction of sp³-hybridized carbons (Fsp3) is 0.500. The number of fused-ring (bicyclic) bond motifs is 1. The normalized spacial score (nSPS) is 24.1. The van der Waals surface area contributed by atoms with Crippen molar-refractivity contribution in [3.63, 3.8) is 0 Å². The van der Waals surface area contributed by atoms with Crippen LogP contribution in [0.15, 0.2) is 12.3 Å². The Kier molecular flexibility index (Phi) is 3.64. The van der Waals surface area contributed by atoms with Crippen LogP contribution in [0.25, 0.3) is 0 Å². The summed E-state index contributed by atoms with van der Waals surface area (Å²) in [4.78, 5) is 27.6. The van der Waals surface area contributed by atoms with E-state index < -0.39 is 0 Å². The third-order valence-corrected chi connectivity index (χ3v) is 3.65. The van der Waals surface area contributed by atoms with E-state index in [2.05, 4.69) is 15.6 Å². The molecule has 2 aliphatic rings. The van der Waals surface area contributed by atoms with Crippen molar-refractivity contribution in [1.82, 2.24) is 15.6 Å². The summed E-state index contributed by atoms with van der Waals surface area (Å²) in [6.45, 7) is 2.82. The molecular weight excluding hydrogens is 274 g/mol. The van der Waals surface area contributed by atoms with E-state index in [1.165, 1.54) is 6.20 Å². The van der Waals surface area contributed by atoms with Gasteiger partial charge in [0.05, 0.1) is 6.20 Å². The van der Waals surface area contributed by atoms with E-state index in [1.807, 2.05) is 6.92 Å². The molecule has 2 unspecified atom stereocenters. The second-order valence-corrected chi connectivity index (χ2v) is 5.19. The zero-order valence-electron chi connectivity index (χ0n) is 11.7. The van der Waals surface area contributed by atoms with Crippen molar-refractivity contribution >= 4 is 11.8 Å². The Labute approximate surface area is 122 Å². The van der Waals surface area contributed by atoms with Crippen LogP contribution in [-0.2, 0) is 4.79 Å². The smallest absolute Gasteiger partial charge is 0.270 e. The molecule has 2 N–H and O–H groups in total. The van der Waals surface area contributed by atoms with Crippen LogP contribution in [0.4, 0.5) is 0 Å².